The lowest BCUT2D eigenvalue weighted by Crippen LogP contribution is -2.56. The summed E-state index contributed by atoms with van der Waals surface area (Å²) in [5.41, 5.74) is 1.90. The van der Waals surface area contributed by atoms with Crippen LogP contribution in [0.5, 0.6) is 0 Å². The van der Waals surface area contributed by atoms with E-state index in [1.54, 1.807) is 6.92 Å². The standard InChI is InChI=1S/C22H33N3O2/c1-16-13-17(2)15-25(14-16)22(27)18(3)23-9-11-24(12-10-23)21-7-5-20(6-8-21)19(4)26/h5-8,16-18H,9-15H2,1-4H3/t16-,17-,18+/m0/s1. The van der Waals surface area contributed by atoms with Crippen LogP contribution in [0.4, 0.5) is 5.69 Å². The number of Topliss-reactive ketones (excluding diaryl/α,β-unsaturated/α-hetero) is 1. The van der Waals surface area contributed by atoms with E-state index in [4.69, 9.17) is 0 Å². The van der Waals surface area contributed by atoms with Crippen LogP contribution in [0.3, 0.4) is 0 Å². The van der Waals surface area contributed by atoms with E-state index in [0.717, 1.165) is 50.5 Å². The number of anilines is 1. The molecule has 2 heterocycles. The lowest BCUT2D eigenvalue weighted by Gasteiger charge is -2.42. The fraction of sp³-hybridized carbons (Fsp3) is 0.636. The maximum Gasteiger partial charge on any atom is 0.239 e. The minimum atomic E-state index is -0.0512. The maximum absolute atomic E-state index is 13.0. The molecular formula is C22H33N3O2. The second kappa shape index (κ2) is 8.42. The summed E-state index contributed by atoms with van der Waals surface area (Å²) in [7, 11) is 0. The molecule has 2 aliphatic rings. The van der Waals surface area contributed by atoms with Crippen LogP contribution in [0.2, 0.25) is 0 Å². The zero-order valence-corrected chi connectivity index (χ0v) is 17.1. The summed E-state index contributed by atoms with van der Waals surface area (Å²) in [6.07, 6.45) is 1.22. The van der Waals surface area contributed by atoms with Gasteiger partial charge in [-0.15, -0.1) is 0 Å². The van der Waals surface area contributed by atoms with Gasteiger partial charge in [0.25, 0.3) is 0 Å². The van der Waals surface area contributed by atoms with Crippen molar-refractivity contribution < 1.29 is 9.59 Å². The first-order valence-corrected chi connectivity index (χ1v) is 10.2. The van der Waals surface area contributed by atoms with Gasteiger partial charge < -0.3 is 9.80 Å². The topological polar surface area (TPSA) is 43.9 Å². The highest BCUT2D eigenvalue weighted by molar-refractivity contribution is 5.94. The van der Waals surface area contributed by atoms with E-state index < -0.39 is 0 Å². The van der Waals surface area contributed by atoms with Crippen LogP contribution in [-0.4, -0.2) is 66.8 Å². The molecule has 0 radical (unpaired) electrons. The van der Waals surface area contributed by atoms with Crippen molar-refractivity contribution in [1.82, 2.24) is 9.80 Å². The predicted molar refractivity (Wildman–Crippen MR) is 109 cm³/mol. The van der Waals surface area contributed by atoms with Crippen molar-refractivity contribution in [2.75, 3.05) is 44.2 Å². The largest absolute Gasteiger partial charge is 0.369 e. The predicted octanol–water partition coefficient (Wildman–Crippen LogP) is 2.90. The number of carbonyl (C=O) groups excluding carboxylic acids is 2. The van der Waals surface area contributed by atoms with Gasteiger partial charge in [0.2, 0.25) is 5.91 Å². The van der Waals surface area contributed by atoms with Crippen LogP contribution in [0.15, 0.2) is 24.3 Å². The van der Waals surface area contributed by atoms with E-state index in [1.165, 1.54) is 6.42 Å². The summed E-state index contributed by atoms with van der Waals surface area (Å²) in [6, 6.07) is 7.79. The molecule has 0 aliphatic carbocycles. The van der Waals surface area contributed by atoms with Crippen LogP contribution < -0.4 is 4.90 Å². The van der Waals surface area contributed by atoms with Crippen LogP contribution >= 0.6 is 0 Å². The van der Waals surface area contributed by atoms with Gasteiger partial charge in [-0.1, -0.05) is 13.8 Å². The molecule has 1 aromatic carbocycles. The van der Waals surface area contributed by atoms with E-state index in [2.05, 4.69) is 35.5 Å². The number of amides is 1. The number of likely N-dealkylation sites (tertiary alicyclic amines) is 1. The Balaban J connectivity index is 1.55. The van der Waals surface area contributed by atoms with E-state index in [9.17, 15) is 9.59 Å². The number of piperazine rings is 1. The number of hydrogen-bond donors (Lipinski definition) is 0. The number of rotatable bonds is 4. The highest BCUT2D eigenvalue weighted by Gasteiger charge is 2.32. The number of carbonyl (C=O) groups is 2. The van der Waals surface area contributed by atoms with Crippen molar-refractivity contribution in [3.05, 3.63) is 29.8 Å². The molecule has 0 N–H and O–H groups in total. The summed E-state index contributed by atoms with van der Waals surface area (Å²) in [5.74, 6) is 1.58. The van der Waals surface area contributed by atoms with Gasteiger partial charge in [0.15, 0.2) is 5.78 Å². The second-order valence-corrected chi connectivity index (χ2v) is 8.49. The molecule has 5 nitrogen and oxygen atoms in total. The molecule has 2 saturated heterocycles. The number of hydrogen-bond acceptors (Lipinski definition) is 4. The minimum Gasteiger partial charge on any atom is -0.369 e. The van der Waals surface area contributed by atoms with Crippen LogP contribution in [0.25, 0.3) is 0 Å². The lowest BCUT2D eigenvalue weighted by molar-refractivity contribution is -0.139. The molecular weight excluding hydrogens is 338 g/mol. The summed E-state index contributed by atoms with van der Waals surface area (Å²) < 4.78 is 0. The first kappa shape index (κ1) is 19.9. The van der Waals surface area contributed by atoms with Crippen molar-refractivity contribution in [1.29, 1.82) is 0 Å². The highest BCUT2D eigenvalue weighted by Crippen LogP contribution is 2.23. The Morgan fingerprint density at radius 3 is 2.04 bits per heavy atom. The van der Waals surface area contributed by atoms with Gasteiger partial charge in [-0.05, 0) is 56.4 Å². The second-order valence-electron chi connectivity index (χ2n) is 8.49. The molecule has 0 aromatic heterocycles. The fourth-order valence-corrected chi connectivity index (χ4v) is 4.54. The normalized spacial score (nSPS) is 25.3. The number of piperidine rings is 1. The van der Waals surface area contributed by atoms with Crippen LogP contribution in [-0.2, 0) is 4.79 Å². The molecule has 1 amide bonds. The van der Waals surface area contributed by atoms with Gasteiger partial charge in [0.05, 0.1) is 6.04 Å². The van der Waals surface area contributed by atoms with E-state index in [0.29, 0.717) is 11.8 Å². The third kappa shape index (κ3) is 4.70. The average Bonchev–Trinajstić information content (AvgIpc) is 2.66. The molecule has 3 rings (SSSR count). The molecule has 27 heavy (non-hydrogen) atoms. The Morgan fingerprint density at radius 2 is 1.52 bits per heavy atom. The van der Waals surface area contributed by atoms with Crippen LogP contribution in [0.1, 0.15) is 44.5 Å². The smallest absolute Gasteiger partial charge is 0.239 e. The fourth-order valence-electron chi connectivity index (χ4n) is 4.54. The Morgan fingerprint density at radius 1 is 0.963 bits per heavy atom. The number of nitrogens with zero attached hydrogens (tertiary/aromatic N) is 3. The van der Waals surface area contributed by atoms with E-state index in [1.807, 2.05) is 24.3 Å². The Hall–Kier alpha value is -1.88. The zero-order chi connectivity index (χ0) is 19.6. The van der Waals surface area contributed by atoms with Gasteiger partial charge in [-0.2, -0.15) is 0 Å². The maximum atomic E-state index is 13.0. The molecule has 0 bridgehead atoms. The molecule has 0 saturated carbocycles. The number of ketones is 1. The van der Waals surface area contributed by atoms with E-state index in [-0.39, 0.29) is 17.7 Å². The Kier molecular flexibility index (Phi) is 6.20. The highest BCUT2D eigenvalue weighted by atomic mass is 16.2. The summed E-state index contributed by atoms with van der Waals surface area (Å²) in [6.45, 7) is 13.5. The molecule has 0 unspecified atom stereocenters. The van der Waals surface area contributed by atoms with Crippen LogP contribution in [0, 0.1) is 11.8 Å². The van der Waals surface area contributed by atoms with Gasteiger partial charge in [-0.25, -0.2) is 0 Å². The van der Waals surface area contributed by atoms with Crippen molar-refractivity contribution in [2.45, 2.75) is 40.2 Å². The summed E-state index contributed by atoms with van der Waals surface area (Å²) in [5, 5.41) is 0. The molecule has 0 spiro atoms. The Bertz CT molecular complexity index is 655. The molecule has 2 fully saturated rings. The third-order valence-corrected chi connectivity index (χ3v) is 6.04. The van der Waals surface area contributed by atoms with Gasteiger partial charge in [-0.3, -0.25) is 14.5 Å². The summed E-state index contributed by atoms with van der Waals surface area (Å²) >= 11 is 0. The quantitative estimate of drug-likeness (QED) is 0.764. The lowest BCUT2D eigenvalue weighted by atomic mass is 9.91. The van der Waals surface area contributed by atoms with Gasteiger partial charge in [0.1, 0.15) is 0 Å². The monoisotopic (exact) mass is 371 g/mol. The molecule has 5 heteroatoms. The Labute approximate surface area is 163 Å². The SMILES string of the molecule is CC(=O)c1ccc(N2CCN([C@H](C)C(=O)N3C[C@@H](C)C[C@H](C)C3)CC2)cc1. The van der Waals surface area contributed by atoms with Crippen molar-refractivity contribution in [3.63, 3.8) is 0 Å². The minimum absolute atomic E-state index is 0.0512. The molecule has 1 aromatic rings. The van der Waals surface area contributed by atoms with E-state index >= 15 is 0 Å². The average molecular weight is 372 g/mol. The third-order valence-electron chi connectivity index (χ3n) is 6.04. The van der Waals surface area contributed by atoms with Crippen molar-refractivity contribution in [3.8, 4) is 0 Å². The van der Waals surface area contributed by atoms with Gasteiger partial charge in [0, 0.05) is 50.5 Å². The molecule has 2 aliphatic heterocycles. The molecule has 3 atom stereocenters. The molecule has 148 valence electrons. The van der Waals surface area contributed by atoms with Crippen molar-refractivity contribution >= 4 is 17.4 Å². The van der Waals surface area contributed by atoms with Crippen molar-refractivity contribution in [2.24, 2.45) is 11.8 Å². The summed E-state index contributed by atoms with van der Waals surface area (Å²) in [4.78, 5) is 31.1. The first-order chi connectivity index (χ1) is 12.8. The number of benzene rings is 1. The zero-order valence-electron chi connectivity index (χ0n) is 17.1. The first-order valence-electron chi connectivity index (χ1n) is 10.2. The van der Waals surface area contributed by atoms with Gasteiger partial charge >= 0.3 is 0 Å².